The molecular weight excluding hydrogens is 396 g/mol. The van der Waals surface area contributed by atoms with Crippen LogP contribution in [0.5, 0.6) is 0 Å². The van der Waals surface area contributed by atoms with Crippen LogP contribution in [0.3, 0.4) is 0 Å². The number of carbonyl (C=O) groups is 6. The molecule has 2 bridgehead atoms. The first-order chi connectivity index (χ1) is 14.2. The summed E-state index contributed by atoms with van der Waals surface area (Å²) in [5, 5.41) is 17.6. The van der Waals surface area contributed by atoms with Gasteiger partial charge >= 0.3 is 11.9 Å². The minimum absolute atomic E-state index is 0.00888. The summed E-state index contributed by atoms with van der Waals surface area (Å²) in [7, 11) is 0. The maximum atomic E-state index is 13.0. The van der Waals surface area contributed by atoms with E-state index in [0.29, 0.717) is 0 Å². The molecule has 3 fully saturated rings. The molecule has 0 aromatic heterocycles. The van der Waals surface area contributed by atoms with Gasteiger partial charge in [-0.25, -0.2) is 0 Å². The number of rotatable bonds is 8. The van der Waals surface area contributed by atoms with Crippen LogP contribution in [0.4, 0.5) is 0 Å². The Labute approximate surface area is 171 Å². The Morgan fingerprint density at radius 1 is 0.667 bits per heavy atom. The second kappa shape index (κ2) is 7.33. The third-order valence-electron chi connectivity index (χ3n) is 6.74. The number of imide groups is 2. The summed E-state index contributed by atoms with van der Waals surface area (Å²) in [6.45, 7) is 0.0178. The lowest BCUT2D eigenvalue weighted by molar-refractivity contribution is -0.143. The molecule has 2 saturated heterocycles. The molecule has 10 heteroatoms. The maximum Gasteiger partial charge on any atom is 0.303 e. The highest BCUT2D eigenvalue weighted by Gasteiger charge is 2.68. The van der Waals surface area contributed by atoms with Crippen LogP contribution >= 0.6 is 0 Å². The molecule has 2 heterocycles. The van der Waals surface area contributed by atoms with Gasteiger partial charge in [0.25, 0.3) is 0 Å². The lowest BCUT2D eigenvalue weighted by Crippen LogP contribution is -2.50. The molecule has 30 heavy (non-hydrogen) atoms. The molecular formula is C20H22N2O8. The van der Waals surface area contributed by atoms with Gasteiger partial charge in [-0.2, -0.15) is 0 Å². The summed E-state index contributed by atoms with van der Waals surface area (Å²) in [6.07, 6.45) is 3.49. The van der Waals surface area contributed by atoms with Crippen LogP contribution in [0.2, 0.25) is 0 Å². The normalized spacial score (nSPS) is 34.0. The highest BCUT2D eigenvalue weighted by molar-refractivity contribution is 6.10. The predicted molar refractivity (Wildman–Crippen MR) is 97.3 cm³/mol. The van der Waals surface area contributed by atoms with Gasteiger partial charge in [-0.15, -0.1) is 0 Å². The topological polar surface area (TPSA) is 149 Å². The van der Waals surface area contributed by atoms with Crippen LogP contribution < -0.4 is 0 Å². The van der Waals surface area contributed by atoms with Gasteiger partial charge in [0.05, 0.1) is 23.7 Å². The van der Waals surface area contributed by atoms with Crippen molar-refractivity contribution >= 4 is 35.6 Å². The molecule has 10 nitrogen and oxygen atoms in total. The van der Waals surface area contributed by atoms with Gasteiger partial charge < -0.3 is 10.2 Å². The largest absolute Gasteiger partial charge is 0.481 e. The Morgan fingerprint density at radius 3 is 1.23 bits per heavy atom. The van der Waals surface area contributed by atoms with E-state index < -0.39 is 71.1 Å². The summed E-state index contributed by atoms with van der Waals surface area (Å²) in [4.78, 5) is 75.5. The van der Waals surface area contributed by atoms with Gasteiger partial charge in [0.15, 0.2) is 0 Å². The molecule has 2 N–H and O–H groups in total. The van der Waals surface area contributed by atoms with Crippen molar-refractivity contribution in [1.82, 2.24) is 9.80 Å². The van der Waals surface area contributed by atoms with Crippen LogP contribution in [0.1, 0.15) is 25.7 Å². The van der Waals surface area contributed by atoms with E-state index in [2.05, 4.69) is 0 Å². The first-order valence-electron chi connectivity index (χ1n) is 10.1. The molecule has 0 spiro atoms. The lowest BCUT2D eigenvalue weighted by Gasteiger charge is -2.44. The third kappa shape index (κ3) is 2.93. The van der Waals surface area contributed by atoms with E-state index in [4.69, 9.17) is 10.2 Å². The number of amides is 4. The van der Waals surface area contributed by atoms with Gasteiger partial charge in [0.1, 0.15) is 0 Å². The van der Waals surface area contributed by atoms with Crippen molar-refractivity contribution in [2.24, 2.45) is 35.5 Å². The van der Waals surface area contributed by atoms with E-state index in [9.17, 15) is 28.8 Å². The monoisotopic (exact) mass is 418 g/mol. The first-order valence-corrected chi connectivity index (χ1v) is 10.1. The fourth-order valence-electron chi connectivity index (χ4n) is 5.57. The number of hydrogen-bond donors (Lipinski definition) is 2. The smallest absolute Gasteiger partial charge is 0.303 e. The number of nitrogens with zero attached hydrogens (tertiary/aromatic N) is 2. The van der Waals surface area contributed by atoms with Crippen molar-refractivity contribution < 1.29 is 39.0 Å². The zero-order valence-electron chi connectivity index (χ0n) is 16.1. The van der Waals surface area contributed by atoms with Crippen molar-refractivity contribution in [3.05, 3.63) is 12.2 Å². The molecule has 1 saturated carbocycles. The number of carboxylic acid groups (broad SMARTS) is 2. The number of hydrogen-bond acceptors (Lipinski definition) is 6. The molecule has 5 rings (SSSR count). The molecule has 0 aromatic carbocycles. The van der Waals surface area contributed by atoms with Crippen molar-refractivity contribution in [3.63, 3.8) is 0 Å². The van der Waals surface area contributed by atoms with Gasteiger partial charge in [0.2, 0.25) is 23.6 Å². The van der Waals surface area contributed by atoms with E-state index >= 15 is 0 Å². The molecule has 160 valence electrons. The number of aliphatic carboxylic acids is 2. The second-order valence-corrected chi connectivity index (χ2v) is 8.29. The Morgan fingerprint density at radius 2 is 0.967 bits per heavy atom. The van der Waals surface area contributed by atoms with E-state index in [1.165, 1.54) is 0 Å². The van der Waals surface area contributed by atoms with Gasteiger partial charge in [-0.3, -0.25) is 38.6 Å². The van der Waals surface area contributed by atoms with Crippen molar-refractivity contribution in [3.8, 4) is 0 Å². The number of carbonyl (C=O) groups excluding carboxylic acids is 4. The second-order valence-electron chi connectivity index (χ2n) is 8.29. The molecule has 0 unspecified atom stereocenters. The molecule has 0 aromatic rings. The molecule has 4 atom stereocenters. The molecule has 3 aliphatic carbocycles. The van der Waals surface area contributed by atoms with E-state index in [0.717, 1.165) is 9.80 Å². The zero-order chi connectivity index (χ0) is 21.7. The highest BCUT2D eigenvalue weighted by Crippen LogP contribution is 2.57. The fourth-order valence-corrected chi connectivity index (χ4v) is 5.57. The minimum atomic E-state index is -1.01. The fraction of sp³-hybridized carbons (Fsp3) is 0.600. The predicted octanol–water partition coefficient (Wildman–Crippen LogP) is -0.266. The average Bonchev–Trinajstić information content (AvgIpc) is 3.10. The SMILES string of the molecule is O=C(O)CCCN1C(=O)[C@@H]2C3C=CC([C@@H]2C1=O)[C@@H]1C(=O)N(CCCC(=O)O)C(=O)[C@H]31. The summed E-state index contributed by atoms with van der Waals surface area (Å²) < 4.78 is 0. The van der Waals surface area contributed by atoms with E-state index in [1.807, 2.05) is 0 Å². The maximum absolute atomic E-state index is 13.0. The van der Waals surface area contributed by atoms with E-state index in [-0.39, 0.29) is 38.8 Å². The van der Waals surface area contributed by atoms with Crippen molar-refractivity contribution in [2.45, 2.75) is 25.7 Å². The number of allylic oxidation sites excluding steroid dienone is 2. The third-order valence-corrected chi connectivity index (χ3v) is 6.74. The van der Waals surface area contributed by atoms with E-state index in [1.54, 1.807) is 12.2 Å². The molecule has 2 aliphatic heterocycles. The Kier molecular flexibility index (Phi) is 4.95. The molecule has 4 amide bonds. The first kappa shape index (κ1) is 20.2. The number of likely N-dealkylation sites (tertiary alicyclic amines) is 2. The quantitative estimate of drug-likeness (QED) is 0.404. The van der Waals surface area contributed by atoms with Gasteiger partial charge in [-0.05, 0) is 12.8 Å². The number of carboxylic acids is 2. The van der Waals surface area contributed by atoms with Crippen LogP contribution in [0.15, 0.2) is 12.2 Å². The zero-order valence-corrected chi connectivity index (χ0v) is 16.1. The summed E-state index contributed by atoms with van der Waals surface area (Å²) in [6, 6.07) is 0. The van der Waals surface area contributed by atoms with Crippen molar-refractivity contribution in [2.75, 3.05) is 13.1 Å². The summed E-state index contributed by atoms with van der Waals surface area (Å²) in [5.74, 6) is -7.62. The molecule has 0 radical (unpaired) electrons. The Hall–Kier alpha value is -3.04. The standard InChI is InChI=1S/C20H22N2O8/c23-11(24)3-1-7-21-17(27)13-9-5-6-10(14(13)18(21)28)16-15(9)19(29)22(20(16)30)8-2-4-12(25)26/h5-6,9-10,13-16H,1-4,7-8H2,(H,23,24)(H,25,26)/t9?,10?,13-,14+,15-,16+. The van der Waals surface area contributed by atoms with Gasteiger partial charge in [0, 0.05) is 37.8 Å². The van der Waals surface area contributed by atoms with Crippen LogP contribution in [0.25, 0.3) is 0 Å². The highest BCUT2D eigenvalue weighted by atomic mass is 16.4. The summed E-state index contributed by atoms with van der Waals surface area (Å²) in [5.41, 5.74) is 0. The minimum Gasteiger partial charge on any atom is -0.481 e. The van der Waals surface area contributed by atoms with Crippen LogP contribution in [0, 0.1) is 35.5 Å². The average molecular weight is 418 g/mol. The molecule has 5 aliphatic rings. The van der Waals surface area contributed by atoms with Gasteiger partial charge in [-0.1, -0.05) is 12.2 Å². The van der Waals surface area contributed by atoms with Crippen molar-refractivity contribution in [1.29, 1.82) is 0 Å². The van der Waals surface area contributed by atoms with Crippen LogP contribution in [-0.4, -0.2) is 68.7 Å². The lowest BCUT2D eigenvalue weighted by atomic mass is 9.54. The van der Waals surface area contributed by atoms with Crippen LogP contribution in [-0.2, 0) is 28.8 Å². The Balaban J connectivity index is 1.55. The Bertz CT molecular complexity index is 766. The summed E-state index contributed by atoms with van der Waals surface area (Å²) >= 11 is 0.